The molecule has 0 spiro atoms. The minimum absolute atomic E-state index is 0.0512. The summed E-state index contributed by atoms with van der Waals surface area (Å²) in [4.78, 5) is 22.2. The van der Waals surface area contributed by atoms with Gasteiger partial charge in [-0.05, 0) is 36.6 Å². The molecule has 0 aliphatic carbocycles. The maximum absolute atomic E-state index is 11.8. The molecule has 0 aliphatic rings. The molecule has 0 unspecified atom stereocenters. The fourth-order valence-electron chi connectivity index (χ4n) is 2.45. The molecule has 0 atom stereocenters. The number of fused-ring (bicyclic) bond motifs is 1. The standard InChI is InChI=1S/C17H23N3O3/c1-12(2)11-20-9-7-13-10-14(5-6-15(13)20)19-17(23)18-8-3-4-16(21)22/h5-7,9-10,12H,3-4,8,11H2,1-2H3,(H,21,22)(H2,18,19,23). The minimum atomic E-state index is -0.858. The number of carbonyl (C=O) groups excluding carboxylic acids is 1. The van der Waals surface area contributed by atoms with E-state index in [0.29, 0.717) is 18.9 Å². The maximum atomic E-state index is 11.8. The van der Waals surface area contributed by atoms with Crippen LogP contribution in [0, 0.1) is 5.92 Å². The number of rotatable bonds is 7. The van der Waals surface area contributed by atoms with Crippen molar-refractivity contribution in [2.45, 2.75) is 33.2 Å². The number of amides is 2. The van der Waals surface area contributed by atoms with E-state index in [1.54, 1.807) is 0 Å². The van der Waals surface area contributed by atoms with Crippen LogP contribution in [-0.4, -0.2) is 28.2 Å². The van der Waals surface area contributed by atoms with Crippen LogP contribution in [0.25, 0.3) is 10.9 Å². The van der Waals surface area contributed by atoms with Crippen LogP contribution in [-0.2, 0) is 11.3 Å². The number of nitrogens with one attached hydrogen (secondary N) is 2. The minimum Gasteiger partial charge on any atom is -0.481 e. The number of nitrogens with zero attached hydrogens (tertiary/aromatic N) is 1. The van der Waals surface area contributed by atoms with Crippen LogP contribution in [0.4, 0.5) is 10.5 Å². The Morgan fingerprint density at radius 1 is 1.26 bits per heavy atom. The van der Waals surface area contributed by atoms with Crippen molar-refractivity contribution in [1.29, 1.82) is 0 Å². The van der Waals surface area contributed by atoms with Crippen molar-refractivity contribution in [1.82, 2.24) is 9.88 Å². The molecule has 0 saturated carbocycles. The highest BCUT2D eigenvalue weighted by atomic mass is 16.4. The van der Waals surface area contributed by atoms with Crippen molar-refractivity contribution in [3.05, 3.63) is 30.5 Å². The van der Waals surface area contributed by atoms with Gasteiger partial charge in [-0.25, -0.2) is 4.79 Å². The average molecular weight is 317 g/mol. The molecule has 0 fully saturated rings. The van der Waals surface area contributed by atoms with Gasteiger partial charge in [0.05, 0.1) is 0 Å². The topological polar surface area (TPSA) is 83.4 Å². The molecular weight excluding hydrogens is 294 g/mol. The third-order valence-electron chi connectivity index (χ3n) is 3.44. The van der Waals surface area contributed by atoms with Gasteiger partial charge >= 0.3 is 12.0 Å². The average Bonchev–Trinajstić information content (AvgIpc) is 2.85. The first-order valence-electron chi connectivity index (χ1n) is 7.81. The van der Waals surface area contributed by atoms with Crippen LogP contribution in [0.15, 0.2) is 30.5 Å². The van der Waals surface area contributed by atoms with E-state index in [2.05, 4.69) is 35.2 Å². The summed E-state index contributed by atoms with van der Waals surface area (Å²) in [5.41, 5.74) is 1.86. The predicted octanol–water partition coefficient (Wildman–Crippen LogP) is 3.28. The van der Waals surface area contributed by atoms with Crippen molar-refractivity contribution in [3.63, 3.8) is 0 Å². The van der Waals surface area contributed by atoms with Crippen LogP contribution in [0.2, 0.25) is 0 Å². The summed E-state index contributed by atoms with van der Waals surface area (Å²) in [5.74, 6) is -0.288. The second-order valence-corrected chi connectivity index (χ2v) is 6.01. The zero-order valence-corrected chi connectivity index (χ0v) is 13.5. The lowest BCUT2D eigenvalue weighted by molar-refractivity contribution is -0.137. The third kappa shape index (κ3) is 5.02. The monoisotopic (exact) mass is 317 g/mol. The number of aliphatic carboxylic acids is 1. The fraction of sp³-hybridized carbons (Fsp3) is 0.412. The van der Waals surface area contributed by atoms with Crippen LogP contribution in [0.5, 0.6) is 0 Å². The Labute approximate surface area is 135 Å². The Kier molecular flexibility index (Phi) is 5.62. The molecule has 6 heteroatoms. The Morgan fingerprint density at radius 2 is 2.04 bits per heavy atom. The summed E-state index contributed by atoms with van der Waals surface area (Å²) < 4.78 is 2.20. The van der Waals surface area contributed by atoms with E-state index in [9.17, 15) is 9.59 Å². The van der Waals surface area contributed by atoms with Gasteiger partial charge in [0.25, 0.3) is 0 Å². The van der Waals surface area contributed by atoms with Crippen LogP contribution >= 0.6 is 0 Å². The predicted molar refractivity (Wildman–Crippen MR) is 90.7 cm³/mol. The smallest absolute Gasteiger partial charge is 0.319 e. The number of anilines is 1. The van der Waals surface area contributed by atoms with E-state index in [4.69, 9.17) is 5.11 Å². The highest BCUT2D eigenvalue weighted by Crippen LogP contribution is 2.21. The number of urea groups is 1. The van der Waals surface area contributed by atoms with Gasteiger partial charge in [0, 0.05) is 42.3 Å². The molecule has 0 saturated heterocycles. The number of hydrogen-bond donors (Lipinski definition) is 3. The second-order valence-electron chi connectivity index (χ2n) is 6.01. The Morgan fingerprint density at radius 3 is 2.74 bits per heavy atom. The molecule has 2 amide bonds. The molecule has 6 nitrogen and oxygen atoms in total. The van der Waals surface area contributed by atoms with E-state index >= 15 is 0 Å². The molecule has 2 aromatic rings. The van der Waals surface area contributed by atoms with Gasteiger partial charge in [-0.15, -0.1) is 0 Å². The van der Waals surface area contributed by atoms with Crippen LogP contribution in [0.1, 0.15) is 26.7 Å². The lowest BCUT2D eigenvalue weighted by Crippen LogP contribution is -2.29. The quantitative estimate of drug-likeness (QED) is 0.685. The van der Waals surface area contributed by atoms with Gasteiger partial charge in [-0.3, -0.25) is 4.79 Å². The molecule has 2 rings (SSSR count). The lowest BCUT2D eigenvalue weighted by atomic mass is 10.2. The SMILES string of the molecule is CC(C)Cn1ccc2cc(NC(=O)NCCCC(=O)O)ccc21. The van der Waals surface area contributed by atoms with Gasteiger partial charge in [-0.2, -0.15) is 0 Å². The number of carboxylic acids is 1. The van der Waals surface area contributed by atoms with Gasteiger partial charge < -0.3 is 20.3 Å². The largest absolute Gasteiger partial charge is 0.481 e. The van der Waals surface area contributed by atoms with Crippen molar-refractivity contribution in [2.75, 3.05) is 11.9 Å². The fourth-order valence-corrected chi connectivity index (χ4v) is 2.45. The zero-order chi connectivity index (χ0) is 16.8. The molecule has 0 bridgehead atoms. The molecule has 124 valence electrons. The molecule has 1 aromatic heterocycles. The van der Waals surface area contributed by atoms with Gasteiger partial charge in [0.2, 0.25) is 0 Å². The molecule has 0 aliphatic heterocycles. The van der Waals surface area contributed by atoms with Gasteiger partial charge in [0.1, 0.15) is 0 Å². The van der Waals surface area contributed by atoms with Crippen LogP contribution < -0.4 is 10.6 Å². The summed E-state index contributed by atoms with van der Waals surface area (Å²) >= 11 is 0. The second kappa shape index (κ2) is 7.67. The summed E-state index contributed by atoms with van der Waals surface area (Å²) in [6.45, 7) is 5.65. The molecule has 23 heavy (non-hydrogen) atoms. The number of carboxylic acid groups (broad SMARTS) is 1. The highest BCUT2D eigenvalue weighted by Gasteiger charge is 2.06. The highest BCUT2D eigenvalue weighted by molar-refractivity contribution is 5.92. The molecule has 1 aromatic carbocycles. The number of carbonyl (C=O) groups is 2. The zero-order valence-electron chi connectivity index (χ0n) is 13.5. The Bertz CT molecular complexity index is 691. The van der Waals surface area contributed by atoms with E-state index in [1.807, 2.05) is 24.3 Å². The van der Waals surface area contributed by atoms with Gasteiger partial charge in [-0.1, -0.05) is 13.8 Å². The summed E-state index contributed by atoms with van der Waals surface area (Å²) in [6, 6.07) is 7.51. The number of benzene rings is 1. The molecule has 3 N–H and O–H groups in total. The summed E-state index contributed by atoms with van der Waals surface area (Å²) in [5, 5.41) is 15.0. The third-order valence-corrected chi connectivity index (χ3v) is 3.44. The number of hydrogen-bond acceptors (Lipinski definition) is 2. The molecular formula is C17H23N3O3. The first-order chi connectivity index (χ1) is 11.0. The first-order valence-corrected chi connectivity index (χ1v) is 7.81. The van der Waals surface area contributed by atoms with Crippen molar-refractivity contribution < 1.29 is 14.7 Å². The number of aromatic nitrogens is 1. The van der Waals surface area contributed by atoms with Gasteiger partial charge in [0.15, 0.2) is 0 Å². The lowest BCUT2D eigenvalue weighted by Gasteiger charge is -2.10. The van der Waals surface area contributed by atoms with Crippen LogP contribution in [0.3, 0.4) is 0 Å². The van der Waals surface area contributed by atoms with Crippen molar-refractivity contribution >= 4 is 28.6 Å². The van der Waals surface area contributed by atoms with Crippen molar-refractivity contribution in [3.8, 4) is 0 Å². The first kappa shape index (κ1) is 16.9. The molecule has 0 radical (unpaired) electrons. The Balaban J connectivity index is 1.93. The van der Waals surface area contributed by atoms with E-state index in [1.165, 1.54) is 0 Å². The summed E-state index contributed by atoms with van der Waals surface area (Å²) in [7, 11) is 0. The molecule has 1 heterocycles. The normalized spacial score (nSPS) is 10.9. The summed E-state index contributed by atoms with van der Waals surface area (Å²) in [6.07, 6.45) is 2.52. The van der Waals surface area contributed by atoms with E-state index in [0.717, 1.165) is 23.1 Å². The van der Waals surface area contributed by atoms with E-state index in [-0.39, 0.29) is 12.5 Å². The maximum Gasteiger partial charge on any atom is 0.319 e. The Hall–Kier alpha value is -2.50. The van der Waals surface area contributed by atoms with E-state index < -0.39 is 5.97 Å². The van der Waals surface area contributed by atoms with Crippen molar-refractivity contribution in [2.24, 2.45) is 5.92 Å².